The molecule has 0 atom stereocenters. The molecule has 304 valence electrons. The summed E-state index contributed by atoms with van der Waals surface area (Å²) in [5, 5.41) is 11.2. The smallest absolute Gasteiger partial charge is 0.244 e. The Balaban J connectivity index is 0.000000196. The predicted molar refractivity (Wildman–Crippen MR) is 232 cm³/mol. The van der Waals surface area contributed by atoms with Gasteiger partial charge >= 0.3 is 0 Å². The number of hydrogen-bond donors (Lipinski definition) is 0. The average molecular weight is 973 g/mol. The number of rotatable bonds is 9. The van der Waals surface area contributed by atoms with E-state index in [2.05, 4.69) is 47.6 Å². The van der Waals surface area contributed by atoms with Crippen molar-refractivity contribution in [2.45, 2.75) is 33.9 Å². The van der Waals surface area contributed by atoms with Crippen molar-refractivity contribution in [3.63, 3.8) is 0 Å². The first kappa shape index (κ1) is 42.7. The van der Waals surface area contributed by atoms with Gasteiger partial charge in [-0.3, -0.25) is 23.5 Å². The molecule has 0 N–H and O–H groups in total. The Morgan fingerprint density at radius 3 is 1.54 bits per heavy atom. The maximum Gasteiger partial charge on any atom is 0.244 e. The van der Waals surface area contributed by atoms with Crippen LogP contribution in [0.2, 0.25) is 20.1 Å². The third kappa shape index (κ3) is 9.70. The second-order valence-electron chi connectivity index (χ2n) is 13.4. The molecule has 2 fully saturated rings. The Morgan fingerprint density at radius 1 is 0.684 bits per heavy atom. The van der Waals surface area contributed by atoms with Crippen molar-refractivity contribution in [3.05, 3.63) is 89.8 Å². The lowest BCUT2D eigenvalue weighted by Crippen LogP contribution is -2.49. The first-order chi connectivity index (χ1) is 27.3. The van der Waals surface area contributed by atoms with Gasteiger partial charge in [0.05, 0.1) is 40.7 Å². The summed E-state index contributed by atoms with van der Waals surface area (Å²) >= 11 is 26.9. The summed E-state index contributed by atoms with van der Waals surface area (Å²) in [7, 11) is 3.21. The van der Waals surface area contributed by atoms with Crippen LogP contribution in [0, 0.1) is 24.5 Å². The molecule has 5 aromatic rings. The number of methoxy groups -OCH3 is 2. The fourth-order valence-electron chi connectivity index (χ4n) is 6.63. The number of aromatic nitrogens is 6. The van der Waals surface area contributed by atoms with E-state index in [4.69, 9.17) is 55.9 Å². The van der Waals surface area contributed by atoms with Crippen LogP contribution in [0.25, 0.3) is 5.82 Å². The number of piperazine rings is 2. The first-order valence-corrected chi connectivity index (χ1v) is 20.7. The van der Waals surface area contributed by atoms with Crippen molar-refractivity contribution in [1.82, 2.24) is 38.9 Å². The Kier molecular flexibility index (Phi) is 14.1. The van der Waals surface area contributed by atoms with E-state index >= 15 is 0 Å². The number of anilines is 2. The second-order valence-corrected chi connectivity index (χ2v) is 16.0. The number of halogens is 5. The fraction of sp³-hybridized carbons (Fsp3) is 0.395. The molecule has 57 heavy (non-hydrogen) atoms. The van der Waals surface area contributed by atoms with Gasteiger partial charge in [0.2, 0.25) is 11.8 Å². The van der Waals surface area contributed by atoms with Gasteiger partial charge in [0, 0.05) is 88.3 Å². The van der Waals surface area contributed by atoms with Crippen LogP contribution < -0.4 is 19.3 Å². The molecule has 19 heteroatoms. The van der Waals surface area contributed by atoms with Crippen LogP contribution in [-0.2, 0) is 22.7 Å². The largest absolute Gasteiger partial charge is 0.495 e. The van der Waals surface area contributed by atoms with Gasteiger partial charge in [-0.25, -0.2) is 4.98 Å². The molecule has 0 saturated carbocycles. The number of amides is 2. The highest BCUT2D eigenvalue weighted by Gasteiger charge is 2.26. The van der Waals surface area contributed by atoms with Crippen molar-refractivity contribution in [2.24, 2.45) is 0 Å². The van der Waals surface area contributed by atoms with Crippen LogP contribution in [-0.4, -0.2) is 117 Å². The molecule has 0 bridgehead atoms. The van der Waals surface area contributed by atoms with Crippen molar-refractivity contribution < 1.29 is 19.1 Å². The van der Waals surface area contributed by atoms with Gasteiger partial charge in [0.15, 0.2) is 5.82 Å². The minimum absolute atomic E-state index is 0.0181. The highest BCUT2D eigenvalue weighted by Crippen LogP contribution is 2.31. The van der Waals surface area contributed by atoms with Crippen LogP contribution in [0.4, 0.5) is 11.4 Å². The highest BCUT2D eigenvalue weighted by molar-refractivity contribution is 14.1. The van der Waals surface area contributed by atoms with Gasteiger partial charge in [0.25, 0.3) is 0 Å². The second kappa shape index (κ2) is 18.8. The van der Waals surface area contributed by atoms with Crippen molar-refractivity contribution in [2.75, 3.05) is 76.4 Å². The summed E-state index contributed by atoms with van der Waals surface area (Å²) in [5.41, 5.74) is 3.65. The van der Waals surface area contributed by atoms with Gasteiger partial charge in [-0.05, 0) is 67.6 Å². The van der Waals surface area contributed by atoms with E-state index < -0.39 is 0 Å². The Morgan fingerprint density at radius 2 is 1.14 bits per heavy atom. The van der Waals surface area contributed by atoms with Gasteiger partial charge in [0.1, 0.15) is 39.1 Å². The van der Waals surface area contributed by atoms with Crippen molar-refractivity contribution in [3.8, 4) is 17.3 Å². The number of nitrogens with zero attached hydrogens (tertiary/aromatic N) is 10. The molecule has 5 heterocycles. The number of ether oxygens (including phenoxy) is 2. The zero-order valence-corrected chi connectivity index (χ0v) is 37.4. The molecule has 7 rings (SSSR count). The maximum atomic E-state index is 12.9. The molecule has 2 amide bonds. The molecule has 0 spiro atoms. The molecule has 0 aliphatic carbocycles. The van der Waals surface area contributed by atoms with Crippen LogP contribution >= 0.6 is 69.0 Å². The maximum absolute atomic E-state index is 12.9. The number of imidazole rings is 1. The van der Waals surface area contributed by atoms with E-state index in [-0.39, 0.29) is 24.9 Å². The molecule has 3 aromatic heterocycles. The van der Waals surface area contributed by atoms with E-state index in [9.17, 15) is 9.59 Å². The zero-order valence-electron chi connectivity index (χ0n) is 32.2. The van der Waals surface area contributed by atoms with E-state index in [0.717, 1.165) is 58.5 Å². The normalized spacial score (nSPS) is 14.4. The lowest BCUT2D eigenvalue weighted by atomic mass is 10.2. The van der Waals surface area contributed by atoms with E-state index in [1.807, 2.05) is 71.5 Å². The Hall–Kier alpha value is -3.90. The summed E-state index contributed by atoms with van der Waals surface area (Å²) in [4.78, 5) is 37.9. The van der Waals surface area contributed by atoms with Crippen LogP contribution in [0.3, 0.4) is 0 Å². The molecule has 14 nitrogen and oxygen atoms in total. The SMILES string of the molecule is COc1cc(N2CCN(C(=O)Cn3nc(-n4ccnc4C)c(Cl)c3C)CC2)ccc1Cl.COc1cc(N2CCN(C(=O)Cn3nc(I)c(Cl)c3C)CC2)ccc1Cl. The number of hydrogen-bond acceptors (Lipinski definition) is 9. The topological polar surface area (TPSA) is 119 Å². The van der Waals surface area contributed by atoms with Crippen molar-refractivity contribution in [1.29, 1.82) is 0 Å². The fourth-order valence-corrected chi connectivity index (χ4v) is 8.04. The summed E-state index contributed by atoms with van der Waals surface area (Å²) in [6.07, 6.45) is 3.50. The lowest BCUT2D eigenvalue weighted by Gasteiger charge is -2.36. The van der Waals surface area contributed by atoms with Crippen LogP contribution in [0.1, 0.15) is 17.2 Å². The van der Waals surface area contributed by atoms with Gasteiger partial charge in [-0.15, -0.1) is 0 Å². The summed E-state index contributed by atoms with van der Waals surface area (Å²) < 4.78 is 16.5. The third-order valence-electron chi connectivity index (χ3n) is 10.1. The van der Waals surface area contributed by atoms with Crippen LogP contribution in [0.5, 0.6) is 11.5 Å². The highest BCUT2D eigenvalue weighted by atomic mass is 127. The lowest BCUT2D eigenvalue weighted by molar-refractivity contribution is -0.133. The van der Waals surface area contributed by atoms with E-state index in [1.165, 1.54) is 0 Å². The number of carbonyl (C=O) groups is 2. The third-order valence-corrected chi connectivity index (χ3v) is 12.7. The molecule has 0 unspecified atom stereocenters. The molecule has 0 radical (unpaired) electrons. The van der Waals surface area contributed by atoms with Crippen LogP contribution in [0.15, 0.2) is 48.8 Å². The standard InChI is InChI=1S/C21H24Cl2N6O2.C17H19Cl2IN4O2/c1-14-20(23)21(28-7-6-24-15(28)2)25-29(14)13-19(30)27-10-8-26(9-11-27)16-4-5-17(22)18(12-16)31-3;1-11-16(19)17(20)21-24(11)10-15(25)23-7-5-22(6-8-23)12-3-4-13(18)14(9-12)26-2/h4-7,12H,8-11,13H2,1-3H3;3-4,9H,5-8,10H2,1-2H3. The van der Waals surface area contributed by atoms with Gasteiger partial charge in [-0.1, -0.05) is 46.4 Å². The molecule has 2 saturated heterocycles. The number of aryl methyl sites for hydroxylation is 1. The minimum Gasteiger partial charge on any atom is -0.495 e. The monoisotopic (exact) mass is 970 g/mol. The minimum atomic E-state index is 0.0181. The number of carbonyl (C=O) groups excluding carboxylic acids is 2. The van der Waals surface area contributed by atoms with Crippen molar-refractivity contribution >= 4 is 92.2 Å². The van der Waals surface area contributed by atoms with Gasteiger partial charge < -0.3 is 29.1 Å². The molecule has 2 aromatic carbocycles. The molecular formula is C38H43Cl4IN10O4. The Labute approximate surface area is 365 Å². The zero-order chi connectivity index (χ0) is 41.0. The first-order valence-electron chi connectivity index (χ1n) is 18.1. The Bertz CT molecular complexity index is 2230. The van der Waals surface area contributed by atoms with Gasteiger partial charge in [-0.2, -0.15) is 10.2 Å². The van der Waals surface area contributed by atoms with E-state index in [0.29, 0.717) is 63.6 Å². The molecule has 2 aliphatic rings. The summed E-state index contributed by atoms with van der Waals surface area (Å²) in [5.74, 6) is 2.74. The summed E-state index contributed by atoms with van der Waals surface area (Å²) in [6, 6.07) is 11.5. The van der Waals surface area contributed by atoms with E-state index in [1.54, 1.807) is 36.0 Å². The average Bonchev–Trinajstić information content (AvgIpc) is 3.85. The predicted octanol–water partition coefficient (Wildman–Crippen LogP) is 6.81. The number of benzene rings is 2. The summed E-state index contributed by atoms with van der Waals surface area (Å²) in [6.45, 7) is 11.5. The molecule has 2 aliphatic heterocycles. The quantitative estimate of drug-likeness (QED) is 0.147. The molecular weight excluding hydrogens is 929 g/mol.